The highest BCUT2D eigenvalue weighted by molar-refractivity contribution is 6.03. The van der Waals surface area contributed by atoms with E-state index in [0.717, 1.165) is 87.2 Å². The maximum atomic E-state index is 14.6. The second-order valence-electron chi connectivity index (χ2n) is 17.7. The highest BCUT2D eigenvalue weighted by Gasteiger charge is 2.65. The average molecular weight is 884 g/mol. The Hall–Kier alpha value is -3.20. The Balaban J connectivity index is 1.55. The third kappa shape index (κ3) is 14.6. The summed E-state index contributed by atoms with van der Waals surface area (Å²) in [6.07, 6.45) is 20.4. The highest BCUT2D eigenvalue weighted by Crippen LogP contribution is 2.62. The zero-order valence-corrected chi connectivity index (χ0v) is 38.7. The van der Waals surface area contributed by atoms with Crippen LogP contribution in [0.1, 0.15) is 134 Å². The Bertz CT molecular complexity index is 1550. The van der Waals surface area contributed by atoms with Crippen LogP contribution in [0, 0.1) is 17.8 Å². The Labute approximate surface area is 378 Å². The van der Waals surface area contributed by atoms with Crippen molar-refractivity contribution in [1.82, 2.24) is 9.80 Å². The Morgan fingerprint density at radius 1 is 0.905 bits per heavy atom. The van der Waals surface area contributed by atoms with Crippen molar-refractivity contribution in [3.8, 4) is 11.5 Å². The lowest BCUT2D eigenvalue weighted by Gasteiger charge is -2.59. The molecule has 0 unspecified atom stereocenters. The molecule has 13 heteroatoms. The molecule has 0 bridgehead atoms. The van der Waals surface area contributed by atoms with E-state index in [2.05, 4.69) is 30.5 Å². The van der Waals surface area contributed by atoms with Crippen molar-refractivity contribution in [2.75, 3.05) is 85.6 Å². The fourth-order valence-electron chi connectivity index (χ4n) is 10.0. The van der Waals surface area contributed by atoms with Gasteiger partial charge in [0.1, 0.15) is 30.8 Å². The van der Waals surface area contributed by atoms with E-state index in [9.17, 15) is 20.1 Å². The first-order valence-corrected chi connectivity index (χ1v) is 24.6. The molecule has 2 heterocycles. The quantitative estimate of drug-likeness (QED) is 0.0265. The minimum atomic E-state index is -1.40. The molecule has 0 aromatic heterocycles. The lowest BCUT2D eigenvalue weighted by atomic mass is 9.55. The maximum Gasteiger partial charge on any atom is 0.410 e. The van der Waals surface area contributed by atoms with E-state index >= 15 is 0 Å². The maximum absolute atomic E-state index is 14.6. The molecule has 63 heavy (non-hydrogen) atoms. The molecule has 1 aromatic rings. The largest absolute Gasteiger partial charge is 0.492 e. The number of ether oxygens (including phenoxy) is 5. The highest BCUT2D eigenvalue weighted by atomic mass is 16.7. The molecule has 13 nitrogen and oxygen atoms in total. The molecule has 2 aliphatic heterocycles. The molecule has 1 saturated heterocycles. The van der Waals surface area contributed by atoms with Gasteiger partial charge < -0.3 is 43.8 Å². The lowest BCUT2D eigenvalue weighted by molar-refractivity contribution is -0.256. The van der Waals surface area contributed by atoms with E-state index in [4.69, 9.17) is 33.7 Å². The number of aliphatic hydroxyl groups excluding tert-OH is 3. The van der Waals surface area contributed by atoms with Gasteiger partial charge in [-0.3, -0.25) is 9.80 Å². The fraction of sp³-hybridized carbons (Fsp3) is 0.760. The summed E-state index contributed by atoms with van der Waals surface area (Å²) < 4.78 is 32.7. The van der Waals surface area contributed by atoms with Crippen LogP contribution >= 0.6 is 0 Å². The monoisotopic (exact) mass is 884 g/mol. The third-order valence-electron chi connectivity index (χ3n) is 13.2. The van der Waals surface area contributed by atoms with Gasteiger partial charge in [-0.2, -0.15) is 0 Å². The van der Waals surface area contributed by atoms with Crippen molar-refractivity contribution in [3.63, 3.8) is 0 Å². The molecule has 3 N–H and O–H groups in total. The number of carbonyl (C=O) groups is 1. The van der Waals surface area contributed by atoms with Gasteiger partial charge in [0.15, 0.2) is 0 Å². The molecule has 2 fully saturated rings. The van der Waals surface area contributed by atoms with Gasteiger partial charge in [-0.15, -0.1) is 6.58 Å². The predicted molar refractivity (Wildman–Crippen MR) is 246 cm³/mol. The van der Waals surface area contributed by atoms with E-state index in [1.807, 2.05) is 19.1 Å². The summed E-state index contributed by atoms with van der Waals surface area (Å²) >= 11 is 0. The number of hydrogen-bond acceptors (Lipinski definition) is 12. The van der Waals surface area contributed by atoms with Gasteiger partial charge in [0.25, 0.3) is 0 Å². The fourth-order valence-corrected chi connectivity index (χ4v) is 10.0. The second-order valence-corrected chi connectivity index (χ2v) is 17.7. The number of carbonyl (C=O) groups excluding carboxylic acids is 1. The van der Waals surface area contributed by atoms with Crippen LogP contribution in [-0.2, 0) is 19.0 Å². The summed E-state index contributed by atoms with van der Waals surface area (Å²) in [5.74, 6) is -0.317. The molecule has 2 aliphatic carbocycles. The van der Waals surface area contributed by atoms with Crippen LogP contribution in [0.5, 0.6) is 11.5 Å². The molecule has 4 aliphatic rings. The first kappa shape index (κ1) is 50.8. The topological polar surface area (TPSA) is 152 Å². The molecule has 6 atom stereocenters. The van der Waals surface area contributed by atoms with Gasteiger partial charge in [-0.1, -0.05) is 94.9 Å². The van der Waals surface area contributed by atoms with E-state index < -0.39 is 23.8 Å². The molecular formula is C50H81N3O10. The van der Waals surface area contributed by atoms with Crippen LogP contribution in [0.3, 0.4) is 0 Å². The Morgan fingerprint density at radius 3 is 2.32 bits per heavy atom. The summed E-state index contributed by atoms with van der Waals surface area (Å²) in [7, 11) is 0. The van der Waals surface area contributed by atoms with Crippen LogP contribution in [0.4, 0.5) is 4.79 Å². The Kier molecular flexibility index (Phi) is 22.6. The van der Waals surface area contributed by atoms with Crippen molar-refractivity contribution >= 4 is 11.8 Å². The van der Waals surface area contributed by atoms with Crippen molar-refractivity contribution in [3.05, 3.63) is 48.1 Å². The molecule has 356 valence electrons. The first-order valence-electron chi connectivity index (χ1n) is 24.6. The summed E-state index contributed by atoms with van der Waals surface area (Å²) in [4.78, 5) is 24.5. The number of allylic oxidation sites excluding steroid dienone is 1. The number of benzene rings is 1. The average Bonchev–Trinajstić information content (AvgIpc) is 4.13. The van der Waals surface area contributed by atoms with E-state index in [1.165, 1.54) is 44.9 Å². The third-order valence-corrected chi connectivity index (χ3v) is 13.2. The van der Waals surface area contributed by atoms with Crippen molar-refractivity contribution in [1.29, 1.82) is 0 Å². The number of hydrogen-bond donors (Lipinski definition) is 3. The Morgan fingerprint density at radius 2 is 1.63 bits per heavy atom. The van der Waals surface area contributed by atoms with Crippen molar-refractivity contribution in [2.24, 2.45) is 22.9 Å². The molecule has 5 rings (SSSR count). The van der Waals surface area contributed by atoms with Gasteiger partial charge in [-0.05, 0) is 74.6 Å². The molecule has 0 radical (unpaired) electrons. The van der Waals surface area contributed by atoms with Crippen LogP contribution in [-0.4, -0.2) is 134 Å². The number of aliphatic hydroxyl groups is 3. The molecule has 1 aromatic carbocycles. The number of fused-ring (bicyclic) bond motifs is 2. The van der Waals surface area contributed by atoms with Crippen LogP contribution in [0.2, 0.25) is 0 Å². The number of oxime groups is 1. The summed E-state index contributed by atoms with van der Waals surface area (Å²) in [5, 5.41) is 34.2. The van der Waals surface area contributed by atoms with Crippen LogP contribution in [0.25, 0.3) is 0 Å². The summed E-state index contributed by atoms with van der Waals surface area (Å²) in [5.41, 5.74) is 2.74. The SMILES string of the molecule is C=CCO[C@@]12Oc3ccc(OCCN4CC4)cc3[C@H]3[C@H](CCCCO)[C@@H](CCCCO)C=C(C(=NOCC)C[C@@H]1N(CCOCCO)C(=O)OCCCCCCCCCCCC)[C@H]32. The number of unbranched alkanes of at least 4 members (excludes halogenated alkanes) is 11. The van der Waals surface area contributed by atoms with E-state index in [1.54, 1.807) is 11.0 Å². The molecule has 1 amide bonds. The van der Waals surface area contributed by atoms with Gasteiger partial charge in [0.05, 0.1) is 44.7 Å². The van der Waals surface area contributed by atoms with Gasteiger partial charge in [0.2, 0.25) is 5.79 Å². The van der Waals surface area contributed by atoms with E-state index in [-0.39, 0.29) is 70.4 Å². The first-order chi connectivity index (χ1) is 31.0. The van der Waals surface area contributed by atoms with Crippen LogP contribution in [0.15, 0.2) is 47.7 Å². The van der Waals surface area contributed by atoms with Gasteiger partial charge in [0, 0.05) is 57.3 Å². The zero-order valence-electron chi connectivity index (χ0n) is 38.7. The molecular weight excluding hydrogens is 803 g/mol. The van der Waals surface area contributed by atoms with Gasteiger partial charge in [-0.25, -0.2) is 4.79 Å². The second kappa shape index (κ2) is 28.0. The minimum absolute atomic E-state index is 0.0999. The van der Waals surface area contributed by atoms with Crippen molar-refractivity contribution in [2.45, 2.75) is 141 Å². The minimum Gasteiger partial charge on any atom is -0.492 e. The molecule has 1 saturated carbocycles. The summed E-state index contributed by atoms with van der Waals surface area (Å²) in [6.45, 7) is 13.3. The lowest BCUT2D eigenvalue weighted by Crippen LogP contribution is -2.70. The normalized spacial score (nSPS) is 24.2. The van der Waals surface area contributed by atoms with Crippen molar-refractivity contribution < 1.29 is 48.6 Å². The van der Waals surface area contributed by atoms with Crippen LogP contribution < -0.4 is 9.47 Å². The number of nitrogens with zero attached hydrogens (tertiary/aromatic N) is 3. The standard InChI is InChI=1S/C50H81N3O10/c1-4-7-8-9-10-11-12-13-14-19-32-60-49(57)53(27-33-58-35-30-56)46-38-44(51-62-6-3)42-36-39(20-15-17-28-54)41(21-16-18-29-55)47-43-37-40(59-34-26-52-24-25-52)22-23-45(43)63-50(46,48(42)47)61-31-5-2/h5,22-23,36-37,39,41,46-48,54-56H,2,4,6-21,24-35,38H2,1,3H3/t39-,41+,46-,47+,48+,50+/m0/s1. The summed E-state index contributed by atoms with van der Waals surface area (Å²) in [6, 6.07) is 5.36. The number of rotatable bonds is 34. The zero-order chi connectivity index (χ0) is 44.7. The van der Waals surface area contributed by atoms with Gasteiger partial charge >= 0.3 is 6.09 Å². The smallest absolute Gasteiger partial charge is 0.410 e. The van der Waals surface area contributed by atoms with E-state index in [0.29, 0.717) is 38.4 Å². The predicted octanol–water partition coefficient (Wildman–Crippen LogP) is 8.40. The number of amides is 1. The molecule has 0 spiro atoms.